The standard InChI is InChI=1S/C24H20N2O7S/c27-11-9-25(10-12-28)34(31,32)16-6-8-21-20(14-16)17-7-5-15(13-22(17)33-21)26-23(29)18-3-1-2-4-19(18)24(26)30/h1-8,13-14,27-28H,9-12H2. The zero-order chi connectivity index (χ0) is 24.0. The molecule has 2 amide bonds. The Bertz CT molecular complexity index is 1520. The maximum Gasteiger partial charge on any atom is 0.266 e. The van der Waals surface area contributed by atoms with Crippen LogP contribution in [0.15, 0.2) is 70.0 Å². The Hall–Kier alpha value is -3.57. The van der Waals surface area contributed by atoms with Crippen LogP contribution < -0.4 is 4.90 Å². The first-order valence-corrected chi connectivity index (χ1v) is 12.0. The molecule has 1 aliphatic rings. The largest absolute Gasteiger partial charge is 0.456 e. The summed E-state index contributed by atoms with van der Waals surface area (Å²) in [4.78, 5) is 26.7. The summed E-state index contributed by atoms with van der Waals surface area (Å²) in [7, 11) is -3.96. The van der Waals surface area contributed by atoms with E-state index in [1.165, 1.54) is 18.2 Å². The van der Waals surface area contributed by atoms with Gasteiger partial charge in [0.1, 0.15) is 11.2 Å². The highest BCUT2D eigenvalue weighted by molar-refractivity contribution is 7.89. The lowest BCUT2D eigenvalue weighted by atomic mass is 10.1. The number of rotatable bonds is 7. The lowest BCUT2D eigenvalue weighted by Gasteiger charge is -2.20. The van der Waals surface area contributed by atoms with Crippen LogP contribution in [0.1, 0.15) is 20.7 Å². The predicted octanol–water partition coefficient (Wildman–Crippen LogP) is 2.36. The van der Waals surface area contributed by atoms with Crippen LogP contribution in [0.25, 0.3) is 21.9 Å². The minimum atomic E-state index is -3.96. The molecule has 3 aromatic carbocycles. The van der Waals surface area contributed by atoms with Crippen molar-refractivity contribution in [2.75, 3.05) is 31.2 Å². The van der Waals surface area contributed by atoms with E-state index in [1.54, 1.807) is 42.5 Å². The van der Waals surface area contributed by atoms with E-state index in [9.17, 15) is 28.2 Å². The van der Waals surface area contributed by atoms with Gasteiger partial charge in [-0.1, -0.05) is 12.1 Å². The average Bonchev–Trinajstić information content (AvgIpc) is 3.32. The highest BCUT2D eigenvalue weighted by Crippen LogP contribution is 2.35. The molecule has 10 heteroatoms. The molecule has 174 valence electrons. The van der Waals surface area contributed by atoms with Crippen molar-refractivity contribution < 1.29 is 32.6 Å². The number of hydrogen-bond acceptors (Lipinski definition) is 7. The van der Waals surface area contributed by atoms with Gasteiger partial charge in [0.25, 0.3) is 11.8 Å². The van der Waals surface area contributed by atoms with E-state index in [4.69, 9.17) is 4.42 Å². The fourth-order valence-corrected chi connectivity index (χ4v) is 5.64. The number of aliphatic hydroxyl groups excluding tert-OH is 2. The molecule has 9 nitrogen and oxygen atoms in total. The molecular weight excluding hydrogens is 460 g/mol. The van der Waals surface area contributed by atoms with Crippen LogP contribution in [0.2, 0.25) is 0 Å². The monoisotopic (exact) mass is 480 g/mol. The topological polar surface area (TPSA) is 128 Å². The molecule has 0 saturated heterocycles. The quantitative estimate of drug-likeness (QED) is 0.389. The molecule has 0 spiro atoms. The molecule has 4 aromatic rings. The fourth-order valence-electron chi connectivity index (χ4n) is 4.19. The van der Waals surface area contributed by atoms with Crippen molar-refractivity contribution in [3.63, 3.8) is 0 Å². The van der Waals surface area contributed by atoms with Crippen molar-refractivity contribution in [3.05, 3.63) is 71.8 Å². The van der Waals surface area contributed by atoms with Gasteiger partial charge in [-0.15, -0.1) is 0 Å². The molecule has 0 bridgehead atoms. The van der Waals surface area contributed by atoms with E-state index < -0.39 is 21.8 Å². The number of amides is 2. The van der Waals surface area contributed by atoms with E-state index in [-0.39, 0.29) is 31.2 Å². The van der Waals surface area contributed by atoms with Crippen molar-refractivity contribution in [1.29, 1.82) is 0 Å². The number of fused-ring (bicyclic) bond motifs is 4. The van der Waals surface area contributed by atoms with Crippen LogP contribution in [0.4, 0.5) is 5.69 Å². The van der Waals surface area contributed by atoms with Crippen LogP contribution in [-0.4, -0.2) is 61.1 Å². The smallest absolute Gasteiger partial charge is 0.266 e. The van der Waals surface area contributed by atoms with E-state index in [0.29, 0.717) is 38.8 Å². The van der Waals surface area contributed by atoms with Gasteiger partial charge in [0.2, 0.25) is 10.0 Å². The van der Waals surface area contributed by atoms with Crippen LogP contribution in [-0.2, 0) is 10.0 Å². The highest BCUT2D eigenvalue weighted by atomic mass is 32.2. The number of carbonyl (C=O) groups is 2. The van der Waals surface area contributed by atoms with Gasteiger partial charge in [0.15, 0.2) is 0 Å². The summed E-state index contributed by atoms with van der Waals surface area (Å²) in [5, 5.41) is 19.6. The zero-order valence-electron chi connectivity index (χ0n) is 17.8. The molecule has 0 atom stereocenters. The number of sulfonamides is 1. The third-order valence-electron chi connectivity index (χ3n) is 5.82. The number of carbonyl (C=O) groups excluding carboxylic acids is 2. The van der Waals surface area contributed by atoms with Gasteiger partial charge in [0.05, 0.1) is 34.9 Å². The highest BCUT2D eigenvalue weighted by Gasteiger charge is 2.36. The van der Waals surface area contributed by atoms with E-state index >= 15 is 0 Å². The average molecular weight is 480 g/mol. The van der Waals surface area contributed by atoms with Crippen LogP contribution in [0.5, 0.6) is 0 Å². The Labute approximate surface area is 194 Å². The number of benzene rings is 3. The Morgan fingerprint density at radius 3 is 2.06 bits per heavy atom. The molecule has 0 fully saturated rings. The van der Waals surface area contributed by atoms with E-state index in [0.717, 1.165) is 9.21 Å². The van der Waals surface area contributed by atoms with Gasteiger partial charge in [-0.05, 0) is 42.5 Å². The number of imide groups is 1. The molecule has 0 saturated carbocycles. The minimum absolute atomic E-state index is 0.00553. The van der Waals surface area contributed by atoms with Crippen LogP contribution in [0, 0.1) is 0 Å². The van der Waals surface area contributed by atoms with Crippen molar-refractivity contribution in [2.24, 2.45) is 0 Å². The third-order valence-corrected chi connectivity index (χ3v) is 7.71. The van der Waals surface area contributed by atoms with Crippen molar-refractivity contribution in [1.82, 2.24) is 4.31 Å². The molecule has 2 N–H and O–H groups in total. The first-order chi connectivity index (χ1) is 16.4. The van der Waals surface area contributed by atoms with Crippen molar-refractivity contribution in [3.8, 4) is 0 Å². The third kappa shape index (κ3) is 3.39. The Balaban J connectivity index is 1.56. The van der Waals surface area contributed by atoms with Gasteiger partial charge in [-0.25, -0.2) is 13.3 Å². The Kier molecular flexibility index (Phi) is 5.45. The van der Waals surface area contributed by atoms with E-state index in [2.05, 4.69) is 0 Å². The van der Waals surface area contributed by atoms with Gasteiger partial charge in [-0.2, -0.15) is 4.31 Å². The van der Waals surface area contributed by atoms with E-state index in [1.807, 2.05) is 0 Å². The Morgan fingerprint density at radius 1 is 0.794 bits per heavy atom. The molecule has 1 aromatic heterocycles. The second-order valence-electron chi connectivity index (χ2n) is 7.78. The maximum atomic E-state index is 13.0. The predicted molar refractivity (Wildman–Crippen MR) is 124 cm³/mol. The minimum Gasteiger partial charge on any atom is -0.456 e. The Morgan fingerprint density at radius 2 is 1.44 bits per heavy atom. The molecule has 0 aliphatic carbocycles. The first-order valence-electron chi connectivity index (χ1n) is 10.5. The molecule has 2 heterocycles. The second kappa shape index (κ2) is 8.33. The maximum absolute atomic E-state index is 13.0. The molecule has 5 rings (SSSR count). The summed E-state index contributed by atoms with van der Waals surface area (Å²) in [5.74, 6) is -0.838. The second-order valence-corrected chi connectivity index (χ2v) is 9.72. The summed E-state index contributed by atoms with van der Waals surface area (Å²) < 4.78 is 32.9. The van der Waals surface area contributed by atoms with Gasteiger partial charge >= 0.3 is 0 Å². The molecular formula is C24H20N2O7S. The summed E-state index contributed by atoms with van der Waals surface area (Å²) in [6, 6.07) is 15.9. The lowest BCUT2D eigenvalue weighted by molar-refractivity contribution is 0.0926. The van der Waals surface area contributed by atoms with Gasteiger partial charge in [0, 0.05) is 29.9 Å². The summed E-state index contributed by atoms with van der Waals surface area (Å²) >= 11 is 0. The number of nitrogens with zero attached hydrogens (tertiary/aromatic N) is 2. The number of hydrogen-bond donors (Lipinski definition) is 2. The van der Waals surface area contributed by atoms with Gasteiger partial charge in [-0.3, -0.25) is 9.59 Å². The summed E-state index contributed by atoms with van der Waals surface area (Å²) in [5.41, 5.74) is 1.85. The SMILES string of the molecule is O=C1c2ccccc2C(=O)N1c1ccc2c(c1)oc1ccc(S(=O)(=O)N(CCO)CCO)cc12. The van der Waals surface area contributed by atoms with Crippen molar-refractivity contribution >= 4 is 49.5 Å². The van der Waals surface area contributed by atoms with Gasteiger partial charge < -0.3 is 14.6 Å². The lowest BCUT2D eigenvalue weighted by Crippen LogP contribution is -2.35. The first kappa shape index (κ1) is 22.2. The zero-order valence-corrected chi connectivity index (χ0v) is 18.7. The van der Waals surface area contributed by atoms with Crippen LogP contribution in [0.3, 0.4) is 0 Å². The number of aliphatic hydroxyl groups is 2. The number of anilines is 1. The molecule has 1 aliphatic heterocycles. The number of furan rings is 1. The summed E-state index contributed by atoms with van der Waals surface area (Å²) in [6.07, 6.45) is 0. The molecule has 0 unspecified atom stereocenters. The fraction of sp³-hybridized carbons (Fsp3) is 0.167. The summed E-state index contributed by atoms with van der Waals surface area (Å²) in [6.45, 7) is -1.04. The molecule has 34 heavy (non-hydrogen) atoms. The molecule has 0 radical (unpaired) electrons. The van der Waals surface area contributed by atoms with Crippen LogP contribution >= 0.6 is 0 Å². The normalized spacial score (nSPS) is 14.0. The van der Waals surface area contributed by atoms with Crippen molar-refractivity contribution in [2.45, 2.75) is 4.90 Å².